The molecular weight excluding hydrogens is 446 g/mol. The number of nitro groups is 1. The number of aryl methyl sites for hydroxylation is 1. The highest BCUT2D eigenvalue weighted by Crippen LogP contribution is 2.29. The topological polar surface area (TPSA) is 153 Å². The molecule has 0 atom stereocenters. The van der Waals surface area contributed by atoms with Crippen molar-refractivity contribution in [1.82, 2.24) is 4.90 Å². The van der Waals surface area contributed by atoms with Gasteiger partial charge in [-0.15, -0.1) is 0 Å². The summed E-state index contributed by atoms with van der Waals surface area (Å²) in [6, 6.07) is 7.13. The maximum absolute atomic E-state index is 12.4. The van der Waals surface area contributed by atoms with Gasteiger partial charge in [-0.2, -0.15) is 8.42 Å². The zero-order valence-electron chi connectivity index (χ0n) is 14.7. The minimum absolute atomic E-state index is 0.0617. The number of halogens is 1. The van der Waals surface area contributed by atoms with Gasteiger partial charge in [0.1, 0.15) is 10.6 Å². The largest absolute Gasteiger partial charge is 0.465 e. The van der Waals surface area contributed by atoms with Crippen LogP contribution in [-0.4, -0.2) is 34.6 Å². The van der Waals surface area contributed by atoms with Crippen LogP contribution >= 0.6 is 23.8 Å². The van der Waals surface area contributed by atoms with Crippen molar-refractivity contribution in [3.63, 3.8) is 0 Å². The third-order valence-corrected chi connectivity index (χ3v) is 5.59. The summed E-state index contributed by atoms with van der Waals surface area (Å²) in [5.41, 5.74) is 5.33. The highest BCUT2D eigenvalue weighted by atomic mass is 35.5. The van der Waals surface area contributed by atoms with Crippen LogP contribution in [0.3, 0.4) is 0 Å². The first-order valence-corrected chi connectivity index (χ1v) is 9.89. The second kappa shape index (κ2) is 8.59. The normalized spacial score (nSPS) is 11.0. The predicted molar refractivity (Wildman–Crippen MR) is 107 cm³/mol. The Hall–Kier alpha value is -2.96. The van der Waals surface area contributed by atoms with Gasteiger partial charge >= 0.3 is 16.2 Å². The van der Waals surface area contributed by atoms with E-state index in [-0.39, 0.29) is 21.2 Å². The Morgan fingerprint density at radius 2 is 2.00 bits per heavy atom. The molecule has 0 saturated carbocycles. The standard InChI is InChI=1S/C16H14ClN3O7S2/c1-9-2-5-12(7-13(9)17)29(25,26)27-11-4-3-10(14(6-11)20(23)24)8-19(15(18)28)16(21)22/h2-7H,8H2,1H3,(H2,18,28)(H,21,22). The van der Waals surface area contributed by atoms with Crippen LogP contribution in [0.5, 0.6) is 5.75 Å². The lowest BCUT2D eigenvalue weighted by molar-refractivity contribution is -0.385. The first-order valence-electron chi connectivity index (χ1n) is 7.70. The molecule has 2 aromatic carbocycles. The molecule has 0 aliphatic carbocycles. The molecule has 0 radical (unpaired) electrons. The maximum atomic E-state index is 12.4. The van der Waals surface area contributed by atoms with Crippen molar-refractivity contribution in [2.45, 2.75) is 18.4 Å². The van der Waals surface area contributed by atoms with Gasteiger partial charge in [0.15, 0.2) is 5.11 Å². The quantitative estimate of drug-likeness (QED) is 0.287. The number of nitro benzene ring substituents is 1. The van der Waals surface area contributed by atoms with Crippen LogP contribution < -0.4 is 9.92 Å². The fourth-order valence-electron chi connectivity index (χ4n) is 2.21. The van der Waals surface area contributed by atoms with Crippen LogP contribution in [0, 0.1) is 17.0 Å². The van der Waals surface area contributed by atoms with Crippen molar-refractivity contribution in [2.75, 3.05) is 0 Å². The number of nitrogens with two attached hydrogens (primary N) is 1. The summed E-state index contributed by atoms with van der Waals surface area (Å²) in [5, 5.41) is 20.2. The third-order valence-electron chi connectivity index (χ3n) is 3.72. The predicted octanol–water partition coefficient (Wildman–Crippen LogP) is 3.05. The van der Waals surface area contributed by atoms with Crippen molar-refractivity contribution in [1.29, 1.82) is 0 Å². The Labute approximate surface area is 175 Å². The Morgan fingerprint density at radius 3 is 2.52 bits per heavy atom. The van der Waals surface area contributed by atoms with E-state index in [1.807, 2.05) is 0 Å². The molecule has 13 heteroatoms. The molecule has 0 spiro atoms. The minimum atomic E-state index is -4.31. The number of amides is 1. The highest BCUT2D eigenvalue weighted by Gasteiger charge is 2.24. The molecule has 154 valence electrons. The molecule has 0 aliphatic heterocycles. The molecule has 3 N–H and O–H groups in total. The zero-order chi connectivity index (χ0) is 21.9. The van der Waals surface area contributed by atoms with Crippen LogP contribution in [0.15, 0.2) is 41.3 Å². The number of nitrogens with zero attached hydrogens (tertiary/aromatic N) is 2. The van der Waals surface area contributed by atoms with Crippen molar-refractivity contribution >= 4 is 50.8 Å². The van der Waals surface area contributed by atoms with Crippen LogP contribution in [0.25, 0.3) is 0 Å². The van der Waals surface area contributed by atoms with E-state index in [0.29, 0.717) is 10.5 Å². The summed E-state index contributed by atoms with van der Waals surface area (Å²) in [4.78, 5) is 22.0. The number of hydrogen-bond acceptors (Lipinski definition) is 7. The molecule has 0 heterocycles. The fourth-order valence-corrected chi connectivity index (χ4v) is 3.55. The first kappa shape index (κ1) is 22.3. The summed E-state index contributed by atoms with van der Waals surface area (Å²) >= 11 is 10.5. The van der Waals surface area contributed by atoms with Crippen molar-refractivity contribution < 1.29 is 27.4 Å². The number of carboxylic acid groups (broad SMARTS) is 1. The number of benzene rings is 2. The van der Waals surface area contributed by atoms with Gasteiger partial charge < -0.3 is 15.0 Å². The van der Waals surface area contributed by atoms with Crippen molar-refractivity contribution in [3.8, 4) is 5.75 Å². The van der Waals surface area contributed by atoms with Gasteiger partial charge in [-0.25, -0.2) is 9.69 Å². The second-order valence-electron chi connectivity index (χ2n) is 5.70. The zero-order valence-corrected chi connectivity index (χ0v) is 17.1. The second-order valence-corrected chi connectivity index (χ2v) is 8.07. The molecular formula is C16H14ClN3O7S2. The molecule has 1 amide bonds. The van der Waals surface area contributed by atoms with Gasteiger partial charge in [0.05, 0.1) is 23.1 Å². The lowest BCUT2D eigenvalue weighted by Crippen LogP contribution is -2.39. The summed E-state index contributed by atoms with van der Waals surface area (Å²) in [6.45, 7) is 1.19. The third kappa shape index (κ3) is 5.31. The average molecular weight is 460 g/mol. The molecule has 2 rings (SSSR count). The van der Waals surface area contributed by atoms with Gasteiger partial charge in [0.25, 0.3) is 5.69 Å². The first-order chi connectivity index (χ1) is 13.4. The smallest absolute Gasteiger partial charge is 0.413 e. The van der Waals surface area contributed by atoms with E-state index in [1.165, 1.54) is 18.2 Å². The van der Waals surface area contributed by atoms with Gasteiger partial charge in [0, 0.05) is 5.02 Å². The SMILES string of the molecule is Cc1ccc(S(=O)(=O)Oc2ccc(CN(C(=O)O)C(N)=S)c([N+](=O)[O-])c2)cc1Cl. The molecule has 29 heavy (non-hydrogen) atoms. The minimum Gasteiger partial charge on any atom is -0.465 e. The van der Waals surface area contributed by atoms with Crippen LogP contribution in [0.2, 0.25) is 5.02 Å². The fraction of sp³-hybridized carbons (Fsp3) is 0.125. The molecule has 0 unspecified atom stereocenters. The van der Waals surface area contributed by atoms with Crippen molar-refractivity contribution in [2.24, 2.45) is 5.73 Å². The lowest BCUT2D eigenvalue weighted by atomic mass is 10.1. The Bertz CT molecular complexity index is 1090. The van der Waals surface area contributed by atoms with Crippen LogP contribution in [0.4, 0.5) is 10.5 Å². The summed E-state index contributed by atoms with van der Waals surface area (Å²) in [6.07, 6.45) is -1.49. The number of hydrogen-bond donors (Lipinski definition) is 2. The van der Waals surface area contributed by atoms with E-state index in [0.717, 1.165) is 18.2 Å². The van der Waals surface area contributed by atoms with E-state index in [4.69, 9.17) is 26.6 Å². The van der Waals surface area contributed by atoms with Gasteiger partial charge in [-0.05, 0) is 49.0 Å². The summed E-state index contributed by atoms with van der Waals surface area (Å²) < 4.78 is 29.8. The maximum Gasteiger partial charge on any atom is 0.413 e. The molecule has 0 aromatic heterocycles. The van der Waals surface area contributed by atoms with Crippen molar-refractivity contribution in [3.05, 3.63) is 62.7 Å². The Morgan fingerprint density at radius 1 is 1.34 bits per heavy atom. The molecule has 0 aliphatic rings. The molecule has 0 bridgehead atoms. The highest BCUT2D eigenvalue weighted by molar-refractivity contribution is 7.87. The van der Waals surface area contributed by atoms with Crippen LogP contribution in [-0.2, 0) is 16.7 Å². The average Bonchev–Trinajstić information content (AvgIpc) is 2.61. The molecule has 10 nitrogen and oxygen atoms in total. The van der Waals surface area contributed by atoms with Crippen LogP contribution in [0.1, 0.15) is 11.1 Å². The number of rotatable bonds is 6. The van der Waals surface area contributed by atoms with E-state index in [1.54, 1.807) is 6.92 Å². The number of carbonyl (C=O) groups is 1. The van der Waals surface area contributed by atoms with E-state index >= 15 is 0 Å². The number of thiocarbonyl (C=S) groups is 1. The van der Waals surface area contributed by atoms with E-state index < -0.39 is 38.5 Å². The Kier molecular flexibility index (Phi) is 6.62. The van der Waals surface area contributed by atoms with E-state index in [2.05, 4.69) is 12.2 Å². The summed E-state index contributed by atoms with van der Waals surface area (Å²) in [5.74, 6) is -0.339. The Balaban J connectivity index is 2.39. The van der Waals surface area contributed by atoms with Gasteiger partial charge in [-0.3, -0.25) is 10.1 Å². The monoisotopic (exact) mass is 459 g/mol. The molecule has 2 aromatic rings. The summed E-state index contributed by atoms with van der Waals surface area (Å²) in [7, 11) is -4.31. The van der Waals surface area contributed by atoms with E-state index in [9.17, 15) is 23.3 Å². The molecule has 0 saturated heterocycles. The van der Waals surface area contributed by atoms with Gasteiger partial charge in [-0.1, -0.05) is 17.7 Å². The van der Waals surface area contributed by atoms with Gasteiger partial charge in [0.2, 0.25) is 0 Å². The lowest BCUT2D eigenvalue weighted by Gasteiger charge is -2.17. The molecule has 0 fully saturated rings.